The minimum absolute atomic E-state index is 0.000610. The Balaban J connectivity index is 1.50. The van der Waals surface area contributed by atoms with Crippen LogP contribution in [0.4, 0.5) is 0 Å². The molecule has 1 heterocycles. The highest BCUT2D eigenvalue weighted by Gasteiger charge is 2.51. The Morgan fingerprint density at radius 3 is 2.11 bits per heavy atom. The van der Waals surface area contributed by atoms with E-state index < -0.39 is 10.0 Å². The van der Waals surface area contributed by atoms with Gasteiger partial charge >= 0.3 is 0 Å². The van der Waals surface area contributed by atoms with Gasteiger partial charge in [0, 0.05) is 24.1 Å². The van der Waals surface area contributed by atoms with Gasteiger partial charge in [0.2, 0.25) is 10.0 Å². The Morgan fingerprint density at radius 1 is 0.806 bits per heavy atom. The Kier molecular flexibility index (Phi) is 5.78. The van der Waals surface area contributed by atoms with Crippen LogP contribution < -0.4 is 0 Å². The maximum absolute atomic E-state index is 13.9. The van der Waals surface area contributed by atoms with Gasteiger partial charge in [-0.25, -0.2) is 8.42 Å². The van der Waals surface area contributed by atoms with Crippen molar-refractivity contribution in [2.75, 3.05) is 6.54 Å². The maximum Gasteiger partial charge on any atom is 0.243 e. The van der Waals surface area contributed by atoms with Crippen LogP contribution in [0, 0.1) is 18.8 Å². The van der Waals surface area contributed by atoms with E-state index in [2.05, 4.69) is 12.1 Å². The zero-order chi connectivity index (χ0) is 24.9. The summed E-state index contributed by atoms with van der Waals surface area (Å²) < 4.78 is 29.3. The average molecular weight is 496 g/mol. The van der Waals surface area contributed by atoms with Crippen LogP contribution in [-0.2, 0) is 14.8 Å². The number of carbonyl (C=O) groups excluding carboxylic acids is 1. The molecule has 0 aromatic heterocycles. The Morgan fingerprint density at radius 2 is 1.44 bits per heavy atom. The fraction of sp³-hybridized carbons (Fsp3) is 0.258. The van der Waals surface area contributed by atoms with Crippen molar-refractivity contribution in [2.24, 2.45) is 11.8 Å². The van der Waals surface area contributed by atoms with Gasteiger partial charge in [0.15, 0.2) is 5.78 Å². The fourth-order valence-electron chi connectivity index (χ4n) is 6.42. The van der Waals surface area contributed by atoms with Crippen LogP contribution in [0.2, 0.25) is 0 Å². The summed E-state index contributed by atoms with van der Waals surface area (Å²) in [6.07, 6.45) is 4.41. The van der Waals surface area contributed by atoms with E-state index in [-0.39, 0.29) is 30.2 Å². The van der Waals surface area contributed by atoms with Crippen molar-refractivity contribution in [3.63, 3.8) is 0 Å². The van der Waals surface area contributed by atoms with Crippen molar-refractivity contribution in [2.45, 2.75) is 37.1 Å². The van der Waals surface area contributed by atoms with Crippen LogP contribution in [0.5, 0.6) is 0 Å². The van der Waals surface area contributed by atoms with Crippen LogP contribution in [0.15, 0.2) is 101 Å². The molecule has 0 N–H and O–H groups in total. The molecular formula is C31H29NO3S. The summed E-state index contributed by atoms with van der Waals surface area (Å²) in [5, 5.41) is 0. The SMILES string of the molecule is Cc1ccc(S(=O)(=O)N2CC3=CC(=O)C(c4ccccc4)=C(c4ccccc4)C4CCCC2C34)cc1. The lowest BCUT2D eigenvalue weighted by Gasteiger charge is -2.38. The largest absolute Gasteiger partial charge is 0.289 e. The first-order valence-corrected chi connectivity index (χ1v) is 14.1. The van der Waals surface area contributed by atoms with Crippen molar-refractivity contribution in [1.82, 2.24) is 4.31 Å². The first-order valence-electron chi connectivity index (χ1n) is 12.6. The lowest BCUT2D eigenvalue weighted by Crippen LogP contribution is -2.42. The van der Waals surface area contributed by atoms with E-state index in [0.29, 0.717) is 4.90 Å². The molecule has 3 unspecified atom stereocenters. The van der Waals surface area contributed by atoms with E-state index in [1.54, 1.807) is 22.5 Å². The molecule has 0 amide bonds. The van der Waals surface area contributed by atoms with Crippen molar-refractivity contribution in [3.05, 3.63) is 113 Å². The minimum Gasteiger partial charge on any atom is -0.289 e. The van der Waals surface area contributed by atoms with E-state index in [1.165, 1.54) is 0 Å². The van der Waals surface area contributed by atoms with Gasteiger partial charge in [0.25, 0.3) is 0 Å². The van der Waals surface area contributed by atoms with Gasteiger partial charge in [0.05, 0.1) is 4.90 Å². The van der Waals surface area contributed by atoms with Crippen molar-refractivity contribution in [3.8, 4) is 0 Å². The predicted octanol–water partition coefficient (Wildman–Crippen LogP) is 5.90. The molecule has 0 radical (unpaired) electrons. The number of ketones is 1. The third-order valence-corrected chi connectivity index (χ3v) is 9.86. The van der Waals surface area contributed by atoms with Crippen molar-refractivity contribution >= 4 is 27.0 Å². The zero-order valence-corrected chi connectivity index (χ0v) is 21.1. The highest BCUT2D eigenvalue weighted by Crippen LogP contribution is 2.53. The number of benzene rings is 3. The smallest absolute Gasteiger partial charge is 0.243 e. The van der Waals surface area contributed by atoms with Crippen molar-refractivity contribution in [1.29, 1.82) is 0 Å². The second kappa shape index (κ2) is 8.99. The molecule has 0 spiro atoms. The first-order chi connectivity index (χ1) is 17.4. The Hall–Kier alpha value is -3.28. The molecule has 3 atom stereocenters. The third-order valence-electron chi connectivity index (χ3n) is 7.98. The molecule has 4 nitrogen and oxygen atoms in total. The van der Waals surface area contributed by atoms with E-state index in [1.807, 2.05) is 67.6 Å². The normalized spacial score (nSPS) is 24.3. The quantitative estimate of drug-likeness (QED) is 0.453. The summed E-state index contributed by atoms with van der Waals surface area (Å²) in [4.78, 5) is 14.2. The molecule has 2 fully saturated rings. The van der Waals surface area contributed by atoms with E-state index >= 15 is 0 Å². The summed E-state index contributed by atoms with van der Waals surface area (Å²) in [7, 11) is -3.68. The number of carbonyl (C=O) groups is 1. The molecule has 3 aromatic carbocycles. The topological polar surface area (TPSA) is 54.5 Å². The fourth-order valence-corrected chi connectivity index (χ4v) is 8.08. The Labute approximate surface area is 213 Å². The van der Waals surface area contributed by atoms with E-state index in [0.717, 1.165) is 52.7 Å². The summed E-state index contributed by atoms with van der Waals surface area (Å²) in [5.74, 6) is 0.0504. The molecule has 1 saturated carbocycles. The highest BCUT2D eigenvalue weighted by molar-refractivity contribution is 7.89. The number of rotatable bonds is 4. The molecule has 36 heavy (non-hydrogen) atoms. The van der Waals surface area contributed by atoms with Crippen LogP contribution in [0.25, 0.3) is 11.1 Å². The number of hydrogen-bond acceptors (Lipinski definition) is 3. The zero-order valence-electron chi connectivity index (χ0n) is 20.3. The van der Waals surface area contributed by atoms with Crippen LogP contribution in [0.3, 0.4) is 0 Å². The van der Waals surface area contributed by atoms with Gasteiger partial charge in [-0.1, -0.05) is 84.8 Å². The number of sulfonamides is 1. The van der Waals surface area contributed by atoms with Crippen molar-refractivity contribution < 1.29 is 13.2 Å². The van der Waals surface area contributed by atoms with Crippen LogP contribution in [0.1, 0.15) is 36.0 Å². The standard InChI is InChI=1S/C31H29NO3S/c1-21-15-17-25(18-16-21)36(34,35)32-20-24-19-28(33)31(23-11-6-3-7-12-23)30(22-9-4-2-5-10-22)26-13-8-14-27(32)29(24)26/h2-7,9-12,15-19,26-27,29H,8,13-14,20H2,1H3. The second-order valence-electron chi connectivity index (χ2n) is 10.1. The molecule has 3 aliphatic rings. The lowest BCUT2D eigenvalue weighted by molar-refractivity contribution is -0.109. The Bertz CT molecular complexity index is 1470. The van der Waals surface area contributed by atoms with Gasteiger partial charge in [-0.3, -0.25) is 4.79 Å². The number of aryl methyl sites for hydroxylation is 1. The number of hydrogen-bond donors (Lipinski definition) is 0. The van der Waals surface area contributed by atoms with Gasteiger partial charge in [-0.15, -0.1) is 0 Å². The van der Waals surface area contributed by atoms with Gasteiger partial charge in [0.1, 0.15) is 0 Å². The lowest BCUT2D eigenvalue weighted by atomic mass is 9.69. The average Bonchev–Trinajstić information content (AvgIpc) is 3.22. The summed E-state index contributed by atoms with van der Waals surface area (Å²) in [6.45, 7) is 2.23. The highest BCUT2D eigenvalue weighted by atomic mass is 32.2. The minimum atomic E-state index is -3.68. The van der Waals surface area contributed by atoms with Gasteiger partial charge in [-0.05, 0) is 66.2 Å². The van der Waals surface area contributed by atoms with Crippen LogP contribution in [-0.4, -0.2) is 31.1 Å². The summed E-state index contributed by atoms with van der Waals surface area (Å²) >= 11 is 0. The molecule has 5 heteroatoms. The molecule has 1 aliphatic heterocycles. The van der Waals surface area contributed by atoms with Gasteiger partial charge in [-0.2, -0.15) is 4.31 Å². The summed E-state index contributed by atoms with van der Waals surface area (Å²) in [5.41, 5.74) is 5.75. The number of nitrogens with zero attached hydrogens (tertiary/aromatic N) is 1. The predicted molar refractivity (Wildman–Crippen MR) is 142 cm³/mol. The molecular weight excluding hydrogens is 466 g/mol. The van der Waals surface area contributed by atoms with Gasteiger partial charge < -0.3 is 0 Å². The summed E-state index contributed by atoms with van der Waals surface area (Å²) in [6, 6.07) is 27.0. The van der Waals surface area contributed by atoms with E-state index in [4.69, 9.17) is 0 Å². The molecule has 2 aliphatic carbocycles. The maximum atomic E-state index is 13.9. The third kappa shape index (κ3) is 3.78. The molecule has 1 saturated heterocycles. The monoisotopic (exact) mass is 495 g/mol. The molecule has 0 bridgehead atoms. The number of allylic oxidation sites excluding steroid dienone is 3. The van der Waals surface area contributed by atoms with Crippen LogP contribution >= 0.6 is 0 Å². The second-order valence-corrected chi connectivity index (χ2v) is 12.0. The first kappa shape index (κ1) is 23.1. The van der Waals surface area contributed by atoms with E-state index in [9.17, 15) is 13.2 Å². The molecule has 182 valence electrons. The molecule has 3 aromatic rings. The molecule has 6 rings (SSSR count).